The van der Waals surface area contributed by atoms with Crippen LogP contribution in [0.5, 0.6) is 5.75 Å². The fraction of sp³-hybridized carbons (Fsp3) is 0.364. The highest BCUT2D eigenvalue weighted by Crippen LogP contribution is 2.22. The number of fused-ring (bicyclic) bond motifs is 1. The van der Waals surface area contributed by atoms with Crippen LogP contribution < -0.4 is 10.1 Å². The minimum absolute atomic E-state index is 0.744. The number of piperazine rings is 1. The van der Waals surface area contributed by atoms with E-state index in [9.17, 15) is 0 Å². The van der Waals surface area contributed by atoms with E-state index in [0.29, 0.717) is 0 Å². The first-order chi connectivity index (χ1) is 14.2. The molecule has 1 aromatic heterocycles. The Labute approximate surface area is 170 Å². The van der Waals surface area contributed by atoms with Gasteiger partial charge in [0, 0.05) is 52.4 Å². The Kier molecular flexibility index (Phi) is 5.95. The SMILES string of the molecule is CN=C(NCc1ccc2cc(OC)ccc2c1)N1CCN(Cc2ccon2)CC1. The van der Waals surface area contributed by atoms with Gasteiger partial charge in [0.05, 0.1) is 12.8 Å². The van der Waals surface area contributed by atoms with Gasteiger partial charge in [-0.15, -0.1) is 0 Å². The van der Waals surface area contributed by atoms with E-state index in [0.717, 1.165) is 56.7 Å². The highest BCUT2D eigenvalue weighted by molar-refractivity contribution is 5.85. The third-order valence-corrected chi connectivity index (χ3v) is 5.32. The third-order valence-electron chi connectivity index (χ3n) is 5.32. The maximum Gasteiger partial charge on any atom is 0.194 e. The molecule has 0 radical (unpaired) electrons. The van der Waals surface area contributed by atoms with Crippen LogP contribution in [0.15, 0.2) is 58.2 Å². The topological polar surface area (TPSA) is 66.1 Å². The number of aliphatic imine (C=N–C) groups is 1. The second kappa shape index (κ2) is 8.96. The van der Waals surface area contributed by atoms with Gasteiger partial charge in [-0.25, -0.2) is 0 Å². The van der Waals surface area contributed by atoms with Crippen molar-refractivity contribution in [1.82, 2.24) is 20.3 Å². The highest BCUT2D eigenvalue weighted by atomic mass is 16.5. The van der Waals surface area contributed by atoms with Crippen molar-refractivity contribution in [3.63, 3.8) is 0 Å². The van der Waals surface area contributed by atoms with Crippen LogP contribution in [-0.4, -0.2) is 61.3 Å². The smallest absolute Gasteiger partial charge is 0.194 e. The molecule has 0 saturated carbocycles. The quantitative estimate of drug-likeness (QED) is 0.531. The van der Waals surface area contributed by atoms with Crippen LogP contribution in [0, 0.1) is 0 Å². The molecule has 7 heteroatoms. The van der Waals surface area contributed by atoms with E-state index in [2.05, 4.69) is 55.6 Å². The monoisotopic (exact) mass is 393 g/mol. The van der Waals surface area contributed by atoms with Gasteiger partial charge < -0.3 is 19.5 Å². The van der Waals surface area contributed by atoms with Gasteiger partial charge in [-0.1, -0.05) is 23.4 Å². The van der Waals surface area contributed by atoms with Crippen LogP contribution in [0.2, 0.25) is 0 Å². The standard InChI is InChI=1S/C22H27N5O2/c1-23-22(27-10-8-26(9-11-27)16-20-7-12-29-25-20)24-15-17-3-4-19-14-21(28-2)6-5-18(19)13-17/h3-7,12-14H,8-11,15-16H2,1-2H3,(H,23,24). The van der Waals surface area contributed by atoms with Gasteiger partial charge in [-0.3, -0.25) is 9.89 Å². The minimum Gasteiger partial charge on any atom is -0.497 e. The summed E-state index contributed by atoms with van der Waals surface area (Å²) in [7, 11) is 3.54. The number of nitrogens with one attached hydrogen (secondary N) is 1. The molecule has 1 saturated heterocycles. The molecule has 152 valence electrons. The lowest BCUT2D eigenvalue weighted by molar-refractivity contribution is 0.169. The van der Waals surface area contributed by atoms with E-state index in [1.54, 1.807) is 13.4 Å². The number of methoxy groups -OCH3 is 1. The summed E-state index contributed by atoms with van der Waals surface area (Å²) in [5, 5.41) is 9.90. The summed E-state index contributed by atoms with van der Waals surface area (Å²) >= 11 is 0. The number of benzene rings is 2. The second-order valence-electron chi connectivity index (χ2n) is 7.20. The molecule has 29 heavy (non-hydrogen) atoms. The zero-order chi connectivity index (χ0) is 20.1. The summed E-state index contributed by atoms with van der Waals surface area (Å²) in [4.78, 5) is 9.18. The first-order valence-corrected chi connectivity index (χ1v) is 9.89. The number of aromatic nitrogens is 1. The van der Waals surface area contributed by atoms with E-state index in [4.69, 9.17) is 9.26 Å². The average molecular weight is 393 g/mol. The van der Waals surface area contributed by atoms with Crippen molar-refractivity contribution in [3.05, 3.63) is 60.0 Å². The summed E-state index contributed by atoms with van der Waals surface area (Å²) in [6, 6.07) is 14.6. The Morgan fingerprint density at radius 2 is 1.90 bits per heavy atom. The van der Waals surface area contributed by atoms with Gasteiger partial charge in [-0.2, -0.15) is 0 Å². The van der Waals surface area contributed by atoms with Crippen molar-refractivity contribution in [2.24, 2.45) is 4.99 Å². The minimum atomic E-state index is 0.744. The van der Waals surface area contributed by atoms with E-state index < -0.39 is 0 Å². The molecule has 1 N–H and O–H groups in total. The molecule has 1 fully saturated rings. The second-order valence-corrected chi connectivity index (χ2v) is 7.20. The van der Waals surface area contributed by atoms with E-state index in [-0.39, 0.29) is 0 Å². The first kappa shape index (κ1) is 19.3. The fourth-order valence-corrected chi connectivity index (χ4v) is 3.69. The Bertz CT molecular complexity index is 963. The predicted molar refractivity (Wildman–Crippen MR) is 114 cm³/mol. The van der Waals surface area contributed by atoms with Crippen molar-refractivity contribution in [2.45, 2.75) is 13.1 Å². The van der Waals surface area contributed by atoms with Crippen LogP contribution in [-0.2, 0) is 13.1 Å². The molecular weight excluding hydrogens is 366 g/mol. The lowest BCUT2D eigenvalue weighted by Crippen LogP contribution is -2.52. The predicted octanol–water partition coefficient (Wildman–Crippen LogP) is 2.73. The van der Waals surface area contributed by atoms with Gasteiger partial charge in [0.25, 0.3) is 0 Å². The molecule has 0 amide bonds. The molecule has 4 rings (SSSR count). The van der Waals surface area contributed by atoms with E-state index in [1.165, 1.54) is 16.3 Å². The van der Waals surface area contributed by atoms with Crippen LogP contribution >= 0.6 is 0 Å². The number of guanidine groups is 1. The maximum absolute atomic E-state index is 5.30. The normalized spacial score (nSPS) is 15.7. The van der Waals surface area contributed by atoms with Crippen molar-refractivity contribution < 1.29 is 9.26 Å². The van der Waals surface area contributed by atoms with Gasteiger partial charge >= 0.3 is 0 Å². The maximum atomic E-state index is 5.30. The molecule has 1 aliphatic heterocycles. The van der Waals surface area contributed by atoms with Crippen molar-refractivity contribution in [1.29, 1.82) is 0 Å². The Morgan fingerprint density at radius 3 is 2.62 bits per heavy atom. The molecule has 0 unspecified atom stereocenters. The lowest BCUT2D eigenvalue weighted by Gasteiger charge is -2.36. The summed E-state index contributed by atoms with van der Waals surface area (Å²) in [5.74, 6) is 1.83. The summed E-state index contributed by atoms with van der Waals surface area (Å²) < 4.78 is 10.2. The van der Waals surface area contributed by atoms with Crippen molar-refractivity contribution >= 4 is 16.7 Å². The van der Waals surface area contributed by atoms with Crippen LogP contribution in [0.4, 0.5) is 0 Å². The summed E-state index contributed by atoms with van der Waals surface area (Å²) in [5.41, 5.74) is 2.21. The number of rotatable bonds is 5. The van der Waals surface area contributed by atoms with Crippen molar-refractivity contribution in [2.75, 3.05) is 40.3 Å². The van der Waals surface area contributed by atoms with Crippen LogP contribution in [0.25, 0.3) is 10.8 Å². The van der Waals surface area contributed by atoms with Gasteiger partial charge in [-0.05, 0) is 34.5 Å². The summed E-state index contributed by atoms with van der Waals surface area (Å²) in [6.07, 6.45) is 1.63. The van der Waals surface area contributed by atoms with Crippen LogP contribution in [0.1, 0.15) is 11.3 Å². The number of hydrogen-bond donors (Lipinski definition) is 1. The zero-order valence-electron chi connectivity index (χ0n) is 17.0. The molecule has 0 aliphatic carbocycles. The summed E-state index contributed by atoms with van der Waals surface area (Å²) in [6.45, 7) is 5.41. The first-order valence-electron chi connectivity index (χ1n) is 9.89. The van der Waals surface area contributed by atoms with Gasteiger partial charge in [0.1, 0.15) is 12.0 Å². The van der Waals surface area contributed by atoms with Gasteiger partial charge in [0.15, 0.2) is 5.96 Å². The zero-order valence-corrected chi connectivity index (χ0v) is 17.0. The number of hydrogen-bond acceptors (Lipinski definition) is 5. The molecular formula is C22H27N5O2. The van der Waals surface area contributed by atoms with E-state index >= 15 is 0 Å². The molecule has 2 heterocycles. The number of nitrogens with zero attached hydrogens (tertiary/aromatic N) is 4. The lowest BCUT2D eigenvalue weighted by atomic mass is 10.1. The van der Waals surface area contributed by atoms with E-state index in [1.807, 2.05) is 19.2 Å². The van der Waals surface area contributed by atoms with Crippen LogP contribution in [0.3, 0.4) is 0 Å². The Balaban J connectivity index is 1.32. The molecule has 0 atom stereocenters. The largest absolute Gasteiger partial charge is 0.497 e. The molecule has 3 aromatic rings. The van der Waals surface area contributed by atoms with Crippen molar-refractivity contribution in [3.8, 4) is 5.75 Å². The third kappa shape index (κ3) is 4.68. The molecule has 1 aliphatic rings. The molecule has 0 bridgehead atoms. The fourth-order valence-electron chi connectivity index (χ4n) is 3.69. The molecule has 7 nitrogen and oxygen atoms in total. The molecule has 2 aromatic carbocycles. The molecule has 0 spiro atoms. The number of ether oxygens (including phenoxy) is 1. The average Bonchev–Trinajstić information content (AvgIpc) is 3.28. The van der Waals surface area contributed by atoms with Gasteiger partial charge in [0.2, 0.25) is 0 Å². The Hall–Kier alpha value is -3.06. The highest BCUT2D eigenvalue weighted by Gasteiger charge is 2.20. The Morgan fingerprint density at radius 1 is 1.10 bits per heavy atom.